The molecule has 0 atom stereocenters. The van der Waals surface area contributed by atoms with Crippen molar-refractivity contribution in [2.75, 3.05) is 0 Å². The van der Waals surface area contributed by atoms with Gasteiger partial charge in [-0.2, -0.15) is 0 Å². The van der Waals surface area contributed by atoms with Gasteiger partial charge in [-0.1, -0.05) is 12.1 Å². The molecule has 1 aromatic heterocycles. The van der Waals surface area contributed by atoms with Crippen LogP contribution < -0.4 is 0 Å². The third-order valence-corrected chi connectivity index (χ3v) is 3.41. The van der Waals surface area contributed by atoms with Crippen LogP contribution in [0.5, 0.6) is 0 Å². The van der Waals surface area contributed by atoms with Gasteiger partial charge < -0.3 is 5.11 Å². The van der Waals surface area contributed by atoms with Crippen LogP contribution in [-0.2, 0) is 17.6 Å². The molecular formula is C13H12FNO2S. The summed E-state index contributed by atoms with van der Waals surface area (Å²) in [4.78, 5) is 14.8. The van der Waals surface area contributed by atoms with Crippen molar-refractivity contribution >= 4 is 17.3 Å². The summed E-state index contributed by atoms with van der Waals surface area (Å²) in [5.74, 6) is -1.10. The highest BCUT2D eigenvalue weighted by Gasteiger charge is 2.07. The predicted molar refractivity (Wildman–Crippen MR) is 67.4 cm³/mol. The third kappa shape index (κ3) is 3.13. The molecule has 0 aliphatic carbocycles. The Labute approximate surface area is 108 Å². The van der Waals surface area contributed by atoms with E-state index in [1.54, 1.807) is 24.4 Å². The molecule has 0 bridgehead atoms. The van der Waals surface area contributed by atoms with Crippen LogP contribution in [0.4, 0.5) is 4.39 Å². The molecule has 0 saturated heterocycles. The zero-order chi connectivity index (χ0) is 13.1. The lowest BCUT2D eigenvalue weighted by molar-refractivity contribution is -0.136. The maximum Gasteiger partial charge on any atom is 0.309 e. The Hall–Kier alpha value is -1.75. The summed E-state index contributed by atoms with van der Waals surface area (Å²) in [5.41, 5.74) is 2.15. The number of aliphatic carboxylic acids is 1. The van der Waals surface area contributed by atoms with E-state index in [1.165, 1.54) is 17.4 Å². The second-order valence-electron chi connectivity index (χ2n) is 4.06. The van der Waals surface area contributed by atoms with E-state index in [0.717, 1.165) is 10.6 Å². The average molecular weight is 265 g/mol. The van der Waals surface area contributed by atoms with Gasteiger partial charge in [-0.25, -0.2) is 9.37 Å². The van der Waals surface area contributed by atoms with Crippen LogP contribution in [-0.4, -0.2) is 16.1 Å². The summed E-state index contributed by atoms with van der Waals surface area (Å²) in [7, 11) is 0. The van der Waals surface area contributed by atoms with E-state index in [2.05, 4.69) is 4.98 Å². The molecule has 0 radical (unpaired) electrons. The van der Waals surface area contributed by atoms with E-state index in [4.69, 9.17) is 5.11 Å². The van der Waals surface area contributed by atoms with E-state index < -0.39 is 5.97 Å². The molecule has 18 heavy (non-hydrogen) atoms. The van der Waals surface area contributed by atoms with Crippen molar-refractivity contribution in [1.29, 1.82) is 0 Å². The molecule has 0 fully saturated rings. The Morgan fingerprint density at radius 2 is 2.28 bits per heavy atom. The maximum absolute atomic E-state index is 13.1. The zero-order valence-corrected chi connectivity index (χ0v) is 10.6. The fourth-order valence-electron chi connectivity index (χ4n) is 1.66. The van der Waals surface area contributed by atoms with Crippen LogP contribution in [0.15, 0.2) is 23.6 Å². The summed E-state index contributed by atoms with van der Waals surface area (Å²) in [6, 6.07) is 4.95. The number of nitrogens with zero attached hydrogens (tertiary/aromatic N) is 1. The van der Waals surface area contributed by atoms with Crippen LogP contribution in [0.2, 0.25) is 0 Å². The van der Waals surface area contributed by atoms with Crippen molar-refractivity contribution in [2.24, 2.45) is 0 Å². The molecule has 0 amide bonds. The Morgan fingerprint density at radius 1 is 1.50 bits per heavy atom. The molecule has 0 unspecified atom stereocenters. The van der Waals surface area contributed by atoms with Crippen LogP contribution in [0.1, 0.15) is 21.8 Å². The molecular weight excluding hydrogens is 253 g/mol. The molecule has 0 aliphatic heterocycles. The van der Waals surface area contributed by atoms with Gasteiger partial charge >= 0.3 is 5.97 Å². The fraction of sp³-hybridized carbons (Fsp3) is 0.231. The minimum Gasteiger partial charge on any atom is -0.481 e. The molecule has 2 aromatic rings. The summed E-state index contributed by atoms with van der Waals surface area (Å²) in [6.07, 6.45) is 0.546. The van der Waals surface area contributed by atoms with Gasteiger partial charge in [0.05, 0.1) is 17.1 Å². The van der Waals surface area contributed by atoms with Gasteiger partial charge in [0.1, 0.15) is 5.82 Å². The van der Waals surface area contributed by atoms with Crippen molar-refractivity contribution in [3.05, 3.63) is 51.2 Å². The summed E-state index contributed by atoms with van der Waals surface area (Å²) in [5, 5.41) is 11.3. The number of hydrogen-bond donors (Lipinski definition) is 1. The first-order valence-electron chi connectivity index (χ1n) is 5.44. The normalized spacial score (nSPS) is 10.6. The van der Waals surface area contributed by atoms with Gasteiger partial charge in [0.2, 0.25) is 0 Å². The second-order valence-corrected chi connectivity index (χ2v) is 5.01. The fourth-order valence-corrected chi connectivity index (χ4v) is 2.49. The summed E-state index contributed by atoms with van der Waals surface area (Å²) >= 11 is 1.43. The highest BCUT2D eigenvalue weighted by atomic mass is 32.1. The number of carbonyl (C=O) groups is 1. The number of carboxylic acid groups (broad SMARTS) is 1. The van der Waals surface area contributed by atoms with E-state index >= 15 is 0 Å². The average Bonchev–Trinajstić information content (AvgIpc) is 2.70. The lowest BCUT2D eigenvalue weighted by Gasteiger charge is -2.01. The largest absolute Gasteiger partial charge is 0.481 e. The number of thiazole rings is 1. The van der Waals surface area contributed by atoms with Crippen LogP contribution in [0.3, 0.4) is 0 Å². The van der Waals surface area contributed by atoms with Crippen molar-refractivity contribution in [1.82, 2.24) is 4.98 Å². The van der Waals surface area contributed by atoms with E-state index in [-0.39, 0.29) is 12.2 Å². The van der Waals surface area contributed by atoms with Crippen LogP contribution in [0, 0.1) is 12.7 Å². The minimum atomic E-state index is -0.885. The molecule has 1 N–H and O–H groups in total. The first-order chi connectivity index (χ1) is 8.54. The minimum absolute atomic E-state index is 0.0566. The Bertz CT molecular complexity index is 580. The maximum atomic E-state index is 13.1. The highest BCUT2D eigenvalue weighted by Crippen LogP contribution is 2.17. The van der Waals surface area contributed by atoms with Gasteiger partial charge in [0, 0.05) is 11.8 Å². The monoisotopic (exact) mass is 265 g/mol. The second kappa shape index (κ2) is 5.27. The lowest BCUT2D eigenvalue weighted by atomic mass is 10.1. The highest BCUT2D eigenvalue weighted by molar-refractivity contribution is 7.09. The zero-order valence-electron chi connectivity index (χ0n) is 9.81. The quantitative estimate of drug-likeness (QED) is 0.924. The van der Waals surface area contributed by atoms with E-state index in [9.17, 15) is 9.18 Å². The predicted octanol–water partition coefficient (Wildman–Crippen LogP) is 2.81. The van der Waals surface area contributed by atoms with E-state index in [1.807, 2.05) is 0 Å². The molecule has 0 saturated carbocycles. The van der Waals surface area contributed by atoms with Crippen molar-refractivity contribution in [2.45, 2.75) is 19.8 Å². The Kier molecular flexibility index (Phi) is 3.72. The molecule has 0 aliphatic rings. The van der Waals surface area contributed by atoms with Crippen LogP contribution in [0.25, 0.3) is 0 Å². The molecule has 94 valence electrons. The smallest absolute Gasteiger partial charge is 0.309 e. The first kappa shape index (κ1) is 12.7. The molecule has 5 heteroatoms. The molecule has 2 rings (SSSR count). The number of halogens is 1. The third-order valence-electron chi connectivity index (χ3n) is 2.51. The first-order valence-corrected chi connectivity index (χ1v) is 6.32. The van der Waals surface area contributed by atoms with Gasteiger partial charge in [-0.15, -0.1) is 11.3 Å². The van der Waals surface area contributed by atoms with Gasteiger partial charge in [0.25, 0.3) is 0 Å². The van der Waals surface area contributed by atoms with E-state index in [0.29, 0.717) is 17.7 Å². The standard InChI is InChI=1S/C13H12FNO2S/c1-8-4-9(2-3-11(8)14)5-12-15-10(7-18-12)6-13(16)17/h2-4,7H,5-6H2,1H3,(H,16,17). The lowest BCUT2D eigenvalue weighted by Crippen LogP contribution is -2.00. The van der Waals surface area contributed by atoms with Crippen molar-refractivity contribution in [3.63, 3.8) is 0 Å². The number of aromatic nitrogens is 1. The van der Waals surface area contributed by atoms with Crippen molar-refractivity contribution in [3.8, 4) is 0 Å². The molecule has 1 aromatic carbocycles. The van der Waals surface area contributed by atoms with Gasteiger partial charge in [-0.3, -0.25) is 4.79 Å². The SMILES string of the molecule is Cc1cc(Cc2nc(CC(=O)O)cs2)ccc1F. The summed E-state index contributed by atoms with van der Waals surface area (Å²) in [6.45, 7) is 1.72. The van der Waals surface area contributed by atoms with Gasteiger partial charge in [-0.05, 0) is 24.1 Å². The van der Waals surface area contributed by atoms with Crippen molar-refractivity contribution < 1.29 is 14.3 Å². The Balaban J connectivity index is 2.11. The number of aryl methyl sites for hydroxylation is 1. The number of carboxylic acids is 1. The number of hydrogen-bond acceptors (Lipinski definition) is 3. The van der Waals surface area contributed by atoms with Crippen LogP contribution >= 0.6 is 11.3 Å². The van der Waals surface area contributed by atoms with Gasteiger partial charge in [0.15, 0.2) is 0 Å². The molecule has 3 nitrogen and oxygen atoms in total. The molecule has 0 spiro atoms. The number of benzene rings is 1. The summed E-state index contributed by atoms with van der Waals surface area (Å²) < 4.78 is 13.1. The topological polar surface area (TPSA) is 50.2 Å². The number of rotatable bonds is 4. The Morgan fingerprint density at radius 3 is 2.94 bits per heavy atom. The molecule has 1 heterocycles.